The average Bonchev–Trinajstić information content (AvgIpc) is 3.24. The molecular weight excluding hydrogens is 372 g/mol. The van der Waals surface area contributed by atoms with Crippen molar-refractivity contribution in [3.05, 3.63) is 18.7 Å². The summed E-state index contributed by atoms with van der Waals surface area (Å²) in [7, 11) is 1.79. The maximum Gasteiger partial charge on any atom is 0.222 e. The Morgan fingerprint density at radius 1 is 1.03 bits per heavy atom. The number of nitrogens with one attached hydrogen (secondary N) is 1. The van der Waals surface area contributed by atoms with Crippen molar-refractivity contribution in [2.75, 3.05) is 50.2 Å². The molecule has 3 aromatic heterocycles. The number of hydrogen-bond acceptors (Lipinski definition) is 9. The molecule has 5 rings (SSSR count). The van der Waals surface area contributed by atoms with Crippen molar-refractivity contribution in [2.45, 2.75) is 25.5 Å². The standard InChI is InChI=1S/C19H24N8O2/c1-20-19-21-10-13(11-22-19)16-24-17(26-5-8-28-9-6-26)15-18(25-16)27(12-23-15)14-4-2-3-7-29-14/h10-12,14H,2-9H2,1H3,(H,20,21,22). The highest BCUT2D eigenvalue weighted by atomic mass is 16.5. The van der Waals surface area contributed by atoms with E-state index in [9.17, 15) is 0 Å². The molecule has 0 aromatic carbocycles. The molecule has 152 valence electrons. The van der Waals surface area contributed by atoms with Crippen LogP contribution in [0.25, 0.3) is 22.6 Å². The predicted molar refractivity (Wildman–Crippen MR) is 108 cm³/mol. The molecule has 1 atom stereocenters. The summed E-state index contributed by atoms with van der Waals surface area (Å²) in [4.78, 5) is 25.2. The monoisotopic (exact) mass is 396 g/mol. The molecule has 1 N–H and O–H groups in total. The molecule has 0 spiro atoms. The fourth-order valence-electron chi connectivity index (χ4n) is 3.75. The lowest BCUT2D eigenvalue weighted by molar-refractivity contribution is -0.0298. The van der Waals surface area contributed by atoms with E-state index in [2.05, 4.69) is 25.2 Å². The summed E-state index contributed by atoms with van der Waals surface area (Å²) in [5.74, 6) is 1.96. The number of nitrogens with zero attached hydrogens (tertiary/aromatic N) is 7. The molecule has 2 aliphatic heterocycles. The number of hydrogen-bond donors (Lipinski definition) is 1. The number of fused-ring (bicyclic) bond motifs is 1. The molecule has 1 unspecified atom stereocenters. The summed E-state index contributed by atoms with van der Waals surface area (Å²) in [5.41, 5.74) is 2.33. The van der Waals surface area contributed by atoms with Crippen LogP contribution in [-0.2, 0) is 9.47 Å². The van der Waals surface area contributed by atoms with Crippen LogP contribution in [0.15, 0.2) is 18.7 Å². The lowest BCUT2D eigenvalue weighted by atomic mass is 10.2. The van der Waals surface area contributed by atoms with Gasteiger partial charge in [-0.3, -0.25) is 4.57 Å². The molecule has 0 amide bonds. The lowest BCUT2D eigenvalue weighted by Gasteiger charge is -2.28. The van der Waals surface area contributed by atoms with Crippen molar-refractivity contribution < 1.29 is 9.47 Å². The van der Waals surface area contributed by atoms with Gasteiger partial charge in [0.1, 0.15) is 6.23 Å². The Labute approximate surface area is 168 Å². The van der Waals surface area contributed by atoms with Crippen LogP contribution >= 0.6 is 0 Å². The van der Waals surface area contributed by atoms with Gasteiger partial charge in [-0.2, -0.15) is 0 Å². The Bertz CT molecular complexity index is 978. The van der Waals surface area contributed by atoms with Crippen molar-refractivity contribution in [1.29, 1.82) is 0 Å². The molecule has 10 nitrogen and oxygen atoms in total. The largest absolute Gasteiger partial charge is 0.378 e. The zero-order valence-electron chi connectivity index (χ0n) is 16.4. The maximum atomic E-state index is 5.99. The van der Waals surface area contributed by atoms with E-state index in [0.29, 0.717) is 25.0 Å². The van der Waals surface area contributed by atoms with Crippen molar-refractivity contribution in [1.82, 2.24) is 29.5 Å². The average molecular weight is 396 g/mol. The van der Waals surface area contributed by atoms with Gasteiger partial charge in [-0.05, 0) is 19.3 Å². The third-order valence-electron chi connectivity index (χ3n) is 5.31. The zero-order valence-corrected chi connectivity index (χ0v) is 16.4. The van der Waals surface area contributed by atoms with E-state index in [1.54, 1.807) is 19.4 Å². The minimum Gasteiger partial charge on any atom is -0.378 e. The Morgan fingerprint density at radius 2 is 1.86 bits per heavy atom. The van der Waals surface area contributed by atoms with E-state index < -0.39 is 0 Å². The number of anilines is 2. The van der Waals surface area contributed by atoms with Gasteiger partial charge in [0, 0.05) is 39.1 Å². The van der Waals surface area contributed by atoms with Gasteiger partial charge >= 0.3 is 0 Å². The Balaban J connectivity index is 1.63. The van der Waals surface area contributed by atoms with Crippen LogP contribution < -0.4 is 10.2 Å². The zero-order chi connectivity index (χ0) is 19.6. The molecule has 3 aromatic rings. The summed E-state index contributed by atoms with van der Waals surface area (Å²) in [5, 5.41) is 2.93. The van der Waals surface area contributed by atoms with Gasteiger partial charge in [0.15, 0.2) is 22.8 Å². The first-order valence-electron chi connectivity index (χ1n) is 10.0. The molecule has 5 heterocycles. The second kappa shape index (κ2) is 7.88. The second-order valence-corrected chi connectivity index (χ2v) is 7.16. The molecule has 2 aliphatic rings. The Morgan fingerprint density at radius 3 is 2.59 bits per heavy atom. The molecule has 0 radical (unpaired) electrons. The van der Waals surface area contributed by atoms with Gasteiger partial charge < -0.3 is 19.7 Å². The van der Waals surface area contributed by atoms with Crippen LogP contribution in [0.2, 0.25) is 0 Å². The molecule has 2 saturated heterocycles. The van der Waals surface area contributed by atoms with E-state index in [-0.39, 0.29) is 6.23 Å². The van der Waals surface area contributed by atoms with Crippen LogP contribution in [-0.4, -0.2) is 69.4 Å². The van der Waals surface area contributed by atoms with Crippen LogP contribution in [0, 0.1) is 0 Å². The van der Waals surface area contributed by atoms with Gasteiger partial charge in [0.2, 0.25) is 5.95 Å². The summed E-state index contributed by atoms with van der Waals surface area (Å²) in [6, 6.07) is 0. The highest BCUT2D eigenvalue weighted by Gasteiger charge is 2.24. The summed E-state index contributed by atoms with van der Waals surface area (Å²) < 4.78 is 13.5. The number of ether oxygens (including phenoxy) is 2. The maximum absolute atomic E-state index is 5.99. The normalized spacial score (nSPS) is 20.2. The Kier molecular flexibility index (Phi) is 4.94. The molecule has 0 saturated carbocycles. The van der Waals surface area contributed by atoms with Gasteiger partial charge in [-0.25, -0.2) is 24.9 Å². The first kappa shape index (κ1) is 18.2. The number of morpholine rings is 1. The number of aromatic nitrogens is 6. The Hall–Kier alpha value is -2.85. The first-order valence-corrected chi connectivity index (χ1v) is 10.0. The van der Waals surface area contributed by atoms with E-state index in [1.807, 2.05) is 10.9 Å². The summed E-state index contributed by atoms with van der Waals surface area (Å²) in [6.45, 7) is 3.65. The highest BCUT2D eigenvalue weighted by Crippen LogP contribution is 2.31. The van der Waals surface area contributed by atoms with E-state index in [1.165, 1.54) is 0 Å². The minimum atomic E-state index is -0.0445. The smallest absolute Gasteiger partial charge is 0.222 e. The second-order valence-electron chi connectivity index (χ2n) is 7.16. The fourth-order valence-corrected chi connectivity index (χ4v) is 3.75. The number of rotatable bonds is 4. The quantitative estimate of drug-likeness (QED) is 0.708. The van der Waals surface area contributed by atoms with E-state index >= 15 is 0 Å². The van der Waals surface area contributed by atoms with Gasteiger partial charge in [0.25, 0.3) is 0 Å². The van der Waals surface area contributed by atoms with Crippen molar-refractivity contribution >= 4 is 22.9 Å². The molecule has 2 fully saturated rings. The van der Waals surface area contributed by atoms with Gasteiger partial charge in [-0.1, -0.05) is 0 Å². The molecule has 0 aliphatic carbocycles. The van der Waals surface area contributed by atoms with Crippen LogP contribution in [0.5, 0.6) is 0 Å². The number of imidazole rings is 1. The van der Waals surface area contributed by atoms with Crippen molar-refractivity contribution in [3.63, 3.8) is 0 Å². The lowest BCUT2D eigenvalue weighted by Crippen LogP contribution is -2.37. The third-order valence-corrected chi connectivity index (χ3v) is 5.31. The van der Waals surface area contributed by atoms with Gasteiger partial charge in [-0.15, -0.1) is 0 Å². The van der Waals surface area contributed by atoms with Gasteiger partial charge in [0.05, 0.1) is 25.1 Å². The van der Waals surface area contributed by atoms with E-state index in [4.69, 9.17) is 19.4 Å². The highest BCUT2D eigenvalue weighted by molar-refractivity contribution is 5.85. The van der Waals surface area contributed by atoms with Crippen molar-refractivity contribution in [2.24, 2.45) is 0 Å². The summed E-state index contributed by atoms with van der Waals surface area (Å²) >= 11 is 0. The molecular formula is C19H24N8O2. The molecule has 0 bridgehead atoms. The molecule has 29 heavy (non-hydrogen) atoms. The molecule has 10 heteroatoms. The fraction of sp³-hybridized carbons (Fsp3) is 0.526. The predicted octanol–water partition coefficient (Wildman–Crippen LogP) is 1.86. The van der Waals surface area contributed by atoms with E-state index in [0.717, 1.165) is 61.5 Å². The van der Waals surface area contributed by atoms with Crippen LogP contribution in [0.4, 0.5) is 11.8 Å². The van der Waals surface area contributed by atoms with Crippen molar-refractivity contribution in [3.8, 4) is 11.4 Å². The third kappa shape index (κ3) is 3.49. The topological polar surface area (TPSA) is 103 Å². The summed E-state index contributed by atoms with van der Waals surface area (Å²) in [6.07, 6.45) is 8.44. The minimum absolute atomic E-state index is 0.0445. The van der Waals surface area contributed by atoms with Crippen LogP contribution in [0.1, 0.15) is 25.5 Å². The van der Waals surface area contributed by atoms with Crippen LogP contribution in [0.3, 0.4) is 0 Å². The first-order chi connectivity index (χ1) is 14.3. The SMILES string of the molecule is CNc1ncc(-c2nc(N3CCOCC3)c3ncn(C4CCCCO4)c3n2)cn1.